The Morgan fingerprint density at radius 3 is 2.81 bits per heavy atom. The van der Waals surface area contributed by atoms with E-state index in [0.717, 1.165) is 0 Å². The van der Waals surface area contributed by atoms with Crippen molar-refractivity contribution >= 4 is 28.0 Å². The number of imidazole rings is 1. The molecule has 8 heteroatoms. The molecule has 3 aromatic heterocycles. The molecule has 0 aliphatic heterocycles. The molecule has 0 spiro atoms. The number of aromatic amines is 1. The molecule has 4 rings (SSSR count). The van der Waals surface area contributed by atoms with E-state index in [2.05, 4.69) is 15.0 Å². The molecule has 3 N–H and O–H groups in total. The number of hydrogen-bond donors (Lipinski definition) is 2. The molecule has 8 nitrogen and oxygen atoms in total. The number of fused-ring (bicyclic) bond motifs is 2. The van der Waals surface area contributed by atoms with Crippen molar-refractivity contribution in [3.63, 3.8) is 0 Å². The molecular formula is C18H15N5O3. The second kappa shape index (κ2) is 5.99. The van der Waals surface area contributed by atoms with Gasteiger partial charge < -0.3 is 10.5 Å². The summed E-state index contributed by atoms with van der Waals surface area (Å²) >= 11 is 0. The van der Waals surface area contributed by atoms with E-state index in [1.165, 1.54) is 10.8 Å². The van der Waals surface area contributed by atoms with Crippen LogP contribution in [0.5, 0.6) is 5.75 Å². The maximum absolute atomic E-state index is 12.6. The van der Waals surface area contributed by atoms with Crippen LogP contribution in [-0.4, -0.2) is 32.0 Å². The number of nitrogens with zero attached hydrogens (tertiary/aromatic N) is 3. The van der Waals surface area contributed by atoms with E-state index in [-0.39, 0.29) is 5.69 Å². The van der Waals surface area contributed by atoms with Crippen LogP contribution in [0.1, 0.15) is 17.3 Å². The molecule has 26 heavy (non-hydrogen) atoms. The van der Waals surface area contributed by atoms with Gasteiger partial charge in [0.15, 0.2) is 5.65 Å². The van der Waals surface area contributed by atoms with E-state index in [9.17, 15) is 9.59 Å². The SMILES string of the molecule is CCOc1ccnc2[nH]c(=O)n(-c3ccc4nccc(C(N)=O)c4c3)c12. The largest absolute Gasteiger partial charge is 0.491 e. The number of rotatable bonds is 4. The summed E-state index contributed by atoms with van der Waals surface area (Å²) in [6, 6.07) is 8.45. The quantitative estimate of drug-likeness (QED) is 0.582. The van der Waals surface area contributed by atoms with Gasteiger partial charge in [0.25, 0.3) is 0 Å². The number of carbonyl (C=O) groups is 1. The minimum absolute atomic E-state index is 0.341. The first-order valence-electron chi connectivity index (χ1n) is 8.01. The van der Waals surface area contributed by atoms with Crippen LogP contribution in [0, 0.1) is 0 Å². The average molecular weight is 349 g/mol. The first-order chi connectivity index (χ1) is 12.6. The molecule has 0 bridgehead atoms. The second-order valence-electron chi connectivity index (χ2n) is 5.63. The predicted molar refractivity (Wildman–Crippen MR) is 96.7 cm³/mol. The monoisotopic (exact) mass is 349 g/mol. The summed E-state index contributed by atoms with van der Waals surface area (Å²) < 4.78 is 7.10. The standard InChI is InChI=1S/C18H15N5O3/c1-2-26-14-6-8-21-17-15(14)23(18(25)22-17)10-3-4-13-12(9-10)11(16(19)24)5-7-20-13/h3-9H,2H2,1H3,(H2,19,24)(H,21,22,25). The van der Waals surface area contributed by atoms with Crippen LogP contribution >= 0.6 is 0 Å². The van der Waals surface area contributed by atoms with Crippen molar-refractivity contribution in [2.75, 3.05) is 6.61 Å². The van der Waals surface area contributed by atoms with Crippen molar-refractivity contribution in [1.82, 2.24) is 19.5 Å². The summed E-state index contributed by atoms with van der Waals surface area (Å²) in [5, 5.41) is 0.570. The maximum atomic E-state index is 12.6. The third-order valence-electron chi connectivity index (χ3n) is 4.09. The number of ether oxygens (including phenoxy) is 1. The number of nitrogens with two attached hydrogens (primary N) is 1. The molecule has 0 aliphatic rings. The number of aromatic nitrogens is 4. The van der Waals surface area contributed by atoms with E-state index >= 15 is 0 Å². The van der Waals surface area contributed by atoms with Crippen LogP contribution in [0.2, 0.25) is 0 Å². The van der Waals surface area contributed by atoms with Crippen molar-refractivity contribution in [3.8, 4) is 11.4 Å². The van der Waals surface area contributed by atoms with Crippen LogP contribution in [0.25, 0.3) is 27.8 Å². The number of nitrogens with one attached hydrogen (secondary N) is 1. The van der Waals surface area contributed by atoms with E-state index in [0.29, 0.717) is 45.7 Å². The molecule has 0 radical (unpaired) electrons. The van der Waals surface area contributed by atoms with Gasteiger partial charge in [-0.05, 0) is 31.2 Å². The lowest BCUT2D eigenvalue weighted by molar-refractivity contribution is 0.100. The first-order valence-corrected chi connectivity index (χ1v) is 8.01. The van der Waals surface area contributed by atoms with Gasteiger partial charge in [0.05, 0.1) is 23.4 Å². The molecule has 0 fully saturated rings. The van der Waals surface area contributed by atoms with Gasteiger partial charge in [-0.2, -0.15) is 0 Å². The predicted octanol–water partition coefficient (Wildman–Crippen LogP) is 1.76. The number of carbonyl (C=O) groups excluding carboxylic acids is 1. The highest BCUT2D eigenvalue weighted by Gasteiger charge is 2.16. The fraction of sp³-hybridized carbons (Fsp3) is 0.111. The topological polar surface area (TPSA) is 116 Å². The average Bonchev–Trinajstić information content (AvgIpc) is 2.97. The van der Waals surface area contributed by atoms with Gasteiger partial charge in [0.1, 0.15) is 11.3 Å². The molecule has 4 aromatic rings. The van der Waals surface area contributed by atoms with Gasteiger partial charge in [-0.3, -0.25) is 19.3 Å². The zero-order chi connectivity index (χ0) is 18.3. The van der Waals surface area contributed by atoms with Crippen molar-refractivity contribution in [1.29, 1.82) is 0 Å². The second-order valence-corrected chi connectivity index (χ2v) is 5.63. The van der Waals surface area contributed by atoms with Crippen LogP contribution in [-0.2, 0) is 0 Å². The molecule has 3 heterocycles. The third kappa shape index (κ3) is 2.39. The van der Waals surface area contributed by atoms with Gasteiger partial charge >= 0.3 is 5.69 Å². The van der Waals surface area contributed by atoms with Crippen LogP contribution in [0.3, 0.4) is 0 Å². The highest BCUT2D eigenvalue weighted by Crippen LogP contribution is 2.26. The van der Waals surface area contributed by atoms with Crippen LogP contribution < -0.4 is 16.2 Å². The number of hydrogen-bond acceptors (Lipinski definition) is 5. The highest BCUT2D eigenvalue weighted by atomic mass is 16.5. The molecule has 130 valence electrons. The minimum atomic E-state index is -0.558. The summed E-state index contributed by atoms with van der Waals surface area (Å²) in [6.45, 7) is 2.31. The zero-order valence-corrected chi connectivity index (χ0v) is 13.9. The number of primary amides is 1. The molecule has 0 saturated carbocycles. The normalized spacial score (nSPS) is 11.1. The fourth-order valence-corrected chi connectivity index (χ4v) is 3.01. The van der Waals surface area contributed by atoms with Crippen LogP contribution in [0.15, 0.2) is 47.5 Å². The minimum Gasteiger partial charge on any atom is -0.491 e. The Bertz CT molecular complexity index is 1210. The first kappa shape index (κ1) is 15.8. The Hall–Kier alpha value is -3.68. The molecular weight excluding hydrogens is 334 g/mol. The Morgan fingerprint density at radius 2 is 2.04 bits per heavy atom. The summed E-state index contributed by atoms with van der Waals surface area (Å²) in [5.74, 6) is -0.0187. The van der Waals surface area contributed by atoms with Gasteiger partial charge in [0.2, 0.25) is 5.91 Å². The Morgan fingerprint density at radius 1 is 1.23 bits per heavy atom. The van der Waals surface area contributed by atoms with Gasteiger partial charge in [-0.1, -0.05) is 0 Å². The molecule has 1 amide bonds. The Labute approximate surface area is 147 Å². The third-order valence-corrected chi connectivity index (χ3v) is 4.09. The molecule has 0 saturated heterocycles. The zero-order valence-electron chi connectivity index (χ0n) is 13.9. The Kier molecular flexibility index (Phi) is 3.65. The van der Waals surface area contributed by atoms with Crippen molar-refractivity contribution < 1.29 is 9.53 Å². The van der Waals surface area contributed by atoms with E-state index < -0.39 is 5.91 Å². The highest BCUT2D eigenvalue weighted by molar-refractivity contribution is 6.05. The van der Waals surface area contributed by atoms with Crippen molar-refractivity contribution in [2.45, 2.75) is 6.92 Å². The number of benzene rings is 1. The van der Waals surface area contributed by atoms with Gasteiger partial charge in [-0.25, -0.2) is 9.78 Å². The molecule has 0 atom stereocenters. The van der Waals surface area contributed by atoms with Gasteiger partial charge in [0, 0.05) is 23.8 Å². The van der Waals surface area contributed by atoms with Crippen molar-refractivity contribution in [2.24, 2.45) is 5.73 Å². The van der Waals surface area contributed by atoms with E-state index in [1.807, 2.05) is 6.92 Å². The number of pyridine rings is 2. The summed E-state index contributed by atoms with van der Waals surface area (Å²) in [5.41, 5.74) is 7.56. The summed E-state index contributed by atoms with van der Waals surface area (Å²) in [7, 11) is 0. The molecule has 0 unspecified atom stereocenters. The van der Waals surface area contributed by atoms with Crippen molar-refractivity contribution in [3.05, 3.63) is 58.8 Å². The number of H-pyrrole nitrogens is 1. The lowest BCUT2D eigenvalue weighted by atomic mass is 10.1. The summed E-state index contributed by atoms with van der Waals surface area (Å²) in [4.78, 5) is 35.4. The smallest absolute Gasteiger partial charge is 0.332 e. The molecule has 0 aliphatic carbocycles. The summed E-state index contributed by atoms with van der Waals surface area (Å²) in [6.07, 6.45) is 3.10. The Balaban J connectivity index is 2.04. The molecule has 1 aromatic carbocycles. The lowest BCUT2D eigenvalue weighted by Crippen LogP contribution is -2.15. The maximum Gasteiger partial charge on any atom is 0.332 e. The number of amides is 1. The van der Waals surface area contributed by atoms with E-state index in [4.69, 9.17) is 10.5 Å². The fourth-order valence-electron chi connectivity index (χ4n) is 3.01. The van der Waals surface area contributed by atoms with Crippen LogP contribution in [0.4, 0.5) is 0 Å². The van der Waals surface area contributed by atoms with E-state index in [1.54, 1.807) is 36.5 Å². The lowest BCUT2D eigenvalue weighted by Gasteiger charge is -2.10. The van der Waals surface area contributed by atoms with Gasteiger partial charge in [-0.15, -0.1) is 0 Å².